The van der Waals surface area contributed by atoms with Crippen molar-refractivity contribution in [2.75, 3.05) is 7.11 Å². The fourth-order valence-electron chi connectivity index (χ4n) is 1.63. The third-order valence-corrected chi connectivity index (χ3v) is 2.76. The van der Waals surface area contributed by atoms with Gasteiger partial charge in [0.25, 0.3) is 5.89 Å². The van der Waals surface area contributed by atoms with E-state index >= 15 is 0 Å². The van der Waals surface area contributed by atoms with Crippen molar-refractivity contribution in [3.05, 3.63) is 35.5 Å². The molecule has 2 rings (SSSR count). The smallest absolute Gasteiger partial charge is 0.264 e. The third kappa shape index (κ3) is 3.27. The minimum Gasteiger partial charge on any atom is -0.493 e. The van der Waals surface area contributed by atoms with E-state index in [1.807, 2.05) is 13.8 Å². The molecule has 20 heavy (non-hydrogen) atoms. The van der Waals surface area contributed by atoms with Gasteiger partial charge in [0.2, 0.25) is 0 Å². The zero-order valence-corrected chi connectivity index (χ0v) is 11.8. The Morgan fingerprint density at radius 2 is 2.10 bits per heavy atom. The van der Waals surface area contributed by atoms with Crippen LogP contribution in [0.15, 0.2) is 22.7 Å². The lowest BCUT2D eigenvalue weighted by molar-refractivity contribution is 0.231. The standard InChI is InChI=1S/C14H18N2O4/c1-9(2)14-15-13(20-16-14)8-19-12-6-10(7-17)4-5-11(12)18-3/h4-6,9,17H,7-8H2,1-3H3. The van der Waals surface area contributed by atoms with Gasteiger partial charge in [0, 0.05) is 5.92 Å². The van der Waals surface area contributed by atoms with Crippen LogP contribution < -0.4 is 9.47 Å². The van der Waals surface area contributed by atoms with Gasteiger partial charge in [-0.2, -0.15) is 4.98 Å². The fraction of sp³-hybridized carbons (Fsp3) is 0.429. The highest BCUT2D eigenvalue weighted by Gasteiger charge is 2.12. The Kier molecular flexibility index (Phi) is 4.57. The molecule has 0 fully saturated rings. The minimum absolute atomic E-state index is 0.0571. The molecule has 1 heterocycles. The molecule has 0 atom stereocenters. The molecule has 0 aliphatic heterocycles. The van der Waals surface area contributed by atoms with Crippen LogP contribution in [-0.2, 0) is 13.2 Å². The largest absolute Gasteiger partial charge is 0.493 e. The molecule has 1 N–H and O–H groups in total. The Balaban J connectivity index is 2.09. The normalized spacial score (nSPS) is 10.8. The maximum absolute atomic E-state index is 9.14. The zero-order chi connectivity index (χ0) is 14.5. The Morgan fingerprint density at radius 3 is 2.70 bits per heavy atom. The number of nitrogens with zero attached hydrogens (tertiary/aromatic N) is 2. The third-order valence-electron chi connectivity index (χ3n) is 2.76. The van der Waals surface area contributed by atoms with Crippen LogP contribution in [-0.4, -0.2) is 22.4 Å². The molecule has 0 spiro atoms. The topological polar surface area (TPSA) is 77.6 Å². The molecule has 0 aliphatic rings. The summed E-state index contributed by atoms with van der Waals surface area (Å²) in [6.07, 6.45) is 0. The molecule has 6 nitrogen and oxygen atoms in total. The van der Waals surface area contributed by atoms with E-state index in [1.54, 1.807) is 25.3 Å². The predicted molar refractivity (Wildman–Crippen MR) is 71.6 cm³/mol. The van der Waals surface area contributed by atoms with E-state index in [-0.39, 0.29) is 19.1 Å². The van der Waals surface area contributed by atoms with Gasteiger partial charge in [-0.15, -0.1) is 0 Å². The van der Waals surface area contributed by atoms with E-state index in [9.17, 15) is 0 Å². The number of benzene rings is 1. The summed E-state index contributed by atoms with van der Waals surface area (Å²) in [5, 5.41) is 13.0. The van der Waals surface area contributed by atoms with E-state index < -0.39 is 0 Å². The SMILES string of the molecule is COc1ccc(CO)cc1OCc1nc(C(C)C)no1. The van der Waals surface area contributed by atoms with Gasteiger partial charge in [0.15, 0.2) is 23.9 Å². The summed E-state index contributed by atoms with van der Waals surface area (Å²) in [5.74, 6) is 2.39. The van der Waals surface area contributed by atoms with E-state index in [1.165, 1.54) is 0 Å². The lowest BCUT2D eigenvalue weighted by Crippen LogP contribution is -1.99. The Bertz CT molecular complexity index is 566. The monoisotopic (exact) mass is 278 g/mol. The van der Waals surface area contributed by atoms with Crippen molar-refractivity contribution in [1.29, 1.82) is 0 Å². The van der Waals surface area contributed by atoms with Crippen LogP contribution in [0, 0.1) is 0 Å². The first-order chi connectivity index (χ1) is 9.63. The quantitative estimate of drug-likeness (QED) is 0.873. The molecule has 0 saturated carbocycles. The van der Waals surface area contributed by atoms with E-state index in [0.29, 0.717) is 23.2 Å². The summed E-state index contributed by atoms with van der Waals surface area (Å²) in [6, 6.07) is 5.24. The maximum atomic E-state index is 9.14. The molecular weight excluding hydrogens is 260 g/mol. The van der Waals surface area contributed by atoms with Crippen LogP contribution in [0.4, 0.5) is 0 Å². The van der Waals surface area contributed by atoms with Gasteiger partial charge < -0.3 is 19.1 Å². The highest BCUT2D eigenvalue weighted by molar-refractivity contribution is 5.42. The van der Waals surface area contributed by atoms with Crippen LogP contribution in [0.2, 0.25) is 0 Å². The highest BCUT2D eigenvalue weighted by atomic mass is 16.5. The Labute approximate surface area is 117 Å². The van der Waals surface area contributed by atoms with Gasteiger partial charge in [-0.25, -0.2) is 0 Å². The van der Waals surface area contributed by atoms with E-state index in [2.05, 4.69) is 10.1 Å². The first-order valence-corrected chi connectivity index (χ1v) is 6.37. The van der Waals surface area contributed by atoms with Gasteiger partial charge in [-0.05, 0) is 17.7 Å². The van der Waals surface area contributed by atoms with E-state index in [4.69, 9.17) is 19.1 Å². The van der Waals surface area contributed by atoms with Gasteiger partial charge in [0.1, 0.15) is 0 Å². The molecule has 108 valence electrons. The average Bonchev–Trinajstić information content (AvgIpc) is 2.93. The molecular formula is C14H18N2O4. The number of rotatable bonds is 6. The first-order valence-electron chi connectivity index (χ1n) is 6.37. The molecule has 1 aromatic heterocycles. The molecule has 6 heteroatoms. The van der Waals surface area contributed by atoms with Crippen molar-refractivity contribution in [1.82, 2.24) is 10.1 Å². The molecule has 0 unspecified atom stereocenters. The zero-order valence-electron chi connectivity index (χ0n) is 11.8. The number of hydrogen-bond donors (Lipinski definition) is 1. The number of ether oxygens (including phenoxy) is 2. The van der Waals surface area contributed by atoms with Crippen molar-refractivity contribution >= 4 is 0 Å². The summed E-state index contributed by atoms with van der Waals surface area (Å²) in [4.78, 5) is 4.23. The summed E-state index contributed by atoms with van der Waals surface area (Å²) in [5.41, 5.74) is 0.745. The second-order valence-corrected chi connectivity index (χ2v) is 4.63. The molecule has 2 aromatic rings. The Hall–Kier alpha value is -2.08. The van der Waals surface area contributed by atoms with Crippen LogP contribution in [0.25, 0.3) is 0 Å². The summed E-state index contributed by atoms with van der Waals surface area (Å²) in [6.45, 7) is 4.08. The molecule has 0 radical (unpaired) electrons. The van der Waals surface area contributed by atoms with Crippen molar-refractivity contribution in [3.63, 3.8) is 0 Å². The second kappa shape index (κ2) is 6.38. The van der Waals surface area contributed by atoms with Gasteiger partial charge in [0.05, 0.1) is 13.7 Å². The number of aliphatic hydroxyl groups excluding tert-OH is 1. The number of methoxy groups -OCH3 is 1. The van der Waals surface area contributed by atoms with Crippen LogP contribution in [0.1, 0.15) is 37.0 Å². The molecule has 0 bridgehead atoms. The number of aliphatic hydroxyl groups is 1. The molecule has 0 amide bonds. The Morgan fingerprint density at radius 1 is 1.30 bits per heavy atom. The van der Waals surface area contributed by atoms with Gasteiger partial charge in [-0.1, -0.05) is 25.1 Å². The van der Waals surface area contributed by atoms with Gasteiger partial charge in [-0.3, -0.25) is 0 Å². The summed E-state index contributed by atoms with van der Waals surface area (Å²) < 4.78 is 15.9. The minimum atomic E-state index is -0.0571. The van der Waals surface area contributed by atoms with E-state index in [0.717, 1.165) is 5.56 Å². The van der Waals surface area contributed by atoms with Crippen molar-refractivity contribution < 1.29 is 19.1 Å². The fourth-order valence-corrected chi connectivity index (χ4v) is 1.63. The lowest BCUT2D eigenvalue weighted by atomic mass is 10.2. The molecule has 0 aliphatic carbocycles. The van der Waals surface area contributed by atoms with Crippen LogP contribution in [0.5, 0.6) is 11.5 Å². The molecule has 1 aromatic carbocycles. The number of hydrogen-bond acceptors (Lipinski definition) is 6. The first kappa shape index (κ1) is 14.3. The number of aromatic nitrogens is 2. The summed E-state index contributed by atoms with van der Waals surface area (Å²) >= 11 is 0. The summed E-state index contributed by atoms with van der Waals surface area (Å²) in [7, 11) is 1.56. The maximum Gasteiger partial charge on any atom is 0.264 e. The van der Waals surface area contributed by atoms with Crippen LogP contribution >= 0.6 is 0 Å². The van der Waals surface area contributed by atoms with Crippen molar-refractivity contribution in [3.8, 4) is 11.5 Å². The van der Waals surface area contributed by atoms with Crippen molar-refractivity contribution in [2.24, 2.45) is 0 Å². The molecule has 0 saturated heterocycles. The second-order valence-electron chi connectivity index (χ2n) is 4.63. The van der Waals surface area contributed by atoms with Crippen molar-refractivity contribution in [2.45, 2.75) is 33.0 Å². The predicted octanol–water partition coefficient (Wildman–Crippen LogP) is 2.27. The van der Waals surface area contributed by atoms with Crippen LogP contribution in [0.3, 0.4) is 0 Å². The average molecular weight is 278 g/mol. The lowest BCUT2D eigenvalue weighted by Gasteiger charge is -2.10. The van der Waals surface area contributed by atoms with Gasteiger partial charge >= 0.3 is 0 Å². The highest BCUT2D eigenvalue weighted by Crippen LogP contribution is 2.28.